The van der Waals surface area contributed by atoms with E-state index in [4.69, 9.17) is 11.6 Å². The monoisotopic (exact) mass is 176 g/mol. The minimum absolute atomic E-state index is 0.736. The zero-order valence-electron chi connectivity index (χ0n) is 6.91. The van der Waals surface area contributed by atoms with Gasteiger partial charge in [-0.1, -0.05) is 0 Å². The van der Waals surface area contributed by atoms with Crippen LogP contribution in [0.15, 0.2) is 0 Å². The van der Waals surface area contributed by atoms with Gasteiger partial charge >= 0.3 is 0 Å². The summed E-state index contributed by atoms with van der Waals surface area (Å²) in [5, 5.41) is 6.84. The van der Waals surface area contributed by atoms with Gasteiger partial charge in [0.05, 0.1) is 0 Å². The Morgan fingerprint density at radius 3 is 2.73 bits per heavy atom. The summed E-state index contributed by atoms with van der Waals surface area (Å²) in [7, 11) is 0. The van der Waals surface area contributed by atoms with Crippen LogP contribution in [-0.4, -0.2) is 31.6 Å². The third kappa shape index (κ3) is 3.94. The first kappa shape index (κ1) is 9.30. The Labute approximate surface area is 73.7 Å². The fourth-order valence-electron chi connectivity index (χ4n) is 1.40. The molecular weight excluding hydrogens is 160 g/mol. The van der Waals surface area contributed by atoms with Crippen LogP contribution in [0.2, 0.25) is 0 Å². The Bertz CT molecular complexity index is 92.1. The Balaban J connectivity index is 1.96. The summed E-state index contributed by atoms with van der Waals surface area (Å²) < 4.78 is 0. The van der Waals surface area contributed by atoms with Gasteiger partial charge in [-0.05, 0) is 38.9 Å². The smallest absolute Gasteiger partial charge is 0.0235 e. The van der Waals surface area contributed by atoms with E-state index in [0.29, 0.717) is 0 Å². The second-order valence-corrected chi connectivity index (χ2v) is 3.40. The molecule has 0 amide bonds. The highest BCUT2D eigenvalue weighted by Crippen LogP contribution is 2.01. The molecule has 1 heterocycles. The van der Waals surface area contributed by atoms with E-state index < -0.39 is 0 Å². The summed E-state index contributed by atoms with van der Waals surface area (Å²) in [6.07, 6.45) is 3.62. The van der Waals surface area contributed by atoms with Crippen LogP contribution in [0.3, 0.4) is 0 Å². The first-order valence-electron chi connectivity index (χ1n) is 4.43. The summed E-state index contributed by atoms with van der Waals surface area (Å²) in [4.78, 5) is 0. The van der Waals surface area contributed by atoms with Gasteiger partial charge in [0.15, 0.2) is 0 Å². The van der Waals surface area contributed by atoms with Gasteiger partial charge in [0.2, 0.25) is 0 Å². The van der Waals surface area contributed by atoms with Crippen LogP contribution in [0, 0.1) is 0 Å². The molecule has 0 aromatic carbocycles. The van der Waals surface area contributed by atoms with Crippen LogP contribution in [0.1, 0.15) is 19.3 Å². The lowest BCUT2D eigenvalue weighted by Crippen LogP contribution is -2.40. The number of alkyl halides is 1. The predicted molar refractivity (Wildman–Crippen MR) is 49.2 cm³/mol. The molecular formula is C8H17ClN2. The summed E-state index contributed by atoms with van der Waals surface area (Å²) >= 11 is 5.57. The molecule has 0 unspecified atom stereocenters. The van der Waals surface area contributed by atoms with Gasteiger partial charge in [0.1, 0.15) is 0 Å². The highest BCUT2D eigenvalue weighted by Gasteiger charge is 2.10. The van der Waals surface area contributed by atoms with Crippen molar-refractivity contribution < 1.29 is 0 Å². The van der Waals surface area contributed by atoms with Crippen molar-refractivity contribution in [2.45, 2.75) is 25.3 Å². The lowest BCUT2D eigenvalue weighted by atomic mass is 10.1. The Kier molecular flexibility index (Phi) is 4.91. The molecule has 11 heavy (non-hydrogen) atoms. The Hall–Kier alpha value is 0.210. The first-order chi connectivity index (χ1) is 5.43. The van der Waals surface area contributed by atoms with Crippen molar-refractivity contribution in [2.24, 2.45) is 0 Å². The molecule has 1 saturated heterocycles. The number of piperidine rings is 1. The van der Waals surface area contributed by atoms with Gasteiger partial charge in [-0.2, -0.15) is 0 Å². The number of rotatable bonds is 4. The summed E-state index contributed by atoms with van der Waals surface area (Å²) in [6, 6.07) is 0.736. The number of nitrogens with one attached hydrogen (secondary N) is 2. The fraction of sp³-hybridized carbons (Fsp3) is 1.00. The van der Waals surface area contributed by atoms with Crippen LogP contribution in [0.4, 0.5) is 0 Å². The van der Waals surface area contributed by atoms with Crippen LogP contribution < -0.4 is 10.6 Å². The standard InChI is InChI=1S/C8H17ClN2/c9-4-1-5-11-8-2-6-10-7-3-8/h8,10-11H,1-7H2. The summed E-state index contributed by atoms with van der Waals surface area (Å²) in [6.45, 7) is 3.41. The van der Waals surface area contributed by atoms with Gasteiger partial charge < -0.3 is 10.6 Å². The summed E-state index contributed by atoms with van der Waals surface area (Å²) in [5.41, 5.74) is 0. The molecule has 1 aliphatic rings. The average molecular weight is 177 g/mol. The molecule has 0 aromatic rings. The Morgan fingerprint density at radius 1 is 1.36 bits per heavy atom. The molecule has 1 aliphatic heterocycles. The molecule has 2 N–H and O–H groups in total. The van der Waals surface area contributed by atoms with E-state index in [2.05, 4.69) is 10.6 Å². The third-order valence-electron chi connectivity index (χ3n) is 2.08. The molecule has 1 fully saturated rings. The van der Waals surface area contributed by atoms with E-state index in [1.165, 1.54) is 25.9 Å². The number of halogens is 1. The van der Waals surface area contributed by atoms with Gasteiger partial charge in [0.25, 0.3) is 0 Å². The van der Waals surface area contributed by atoms with E-state index in [1.54, 1.807) is 0 Å². The highest BCUT2D eigenvalue weighted by molar-refractivity contribution is 6.17. The highest BCUT2D eigenvalue weighted by atomic mass is 35.5. The molecule has 0 radical (unpaired) electrons. The molecule has 0 aliphatic carbocycles. The molecule has 0 saturated carbocycles. The molecule has 66 valence electrons. The predicted octanol–water partition coefficient (Wildman–Crippen LogP) is 0.957. The van der Waals surface area contributed by atoms with Crippen molar-refractivity contribution in [1.29, 1.82) is 0 Å². The van der Waals surface area contributed by atoms with E-state index in [1.807, 2.05) is 0 Å². The zero-order valence-corrected chi connectivity index (χ0v) is 7.66. The summed E-state index contributed by atoms with van der Waals surface area (Å²) in [5.74, 6) is 0.776. The van der Waals surface area contributed by atoms with E-state index in [-0.39, 0.29) is 0 Å². The van der Waals surface area contributed by atoms with E-state index in [9.17, 15) is 0 Å². The van der Waals surface area contributed by atoms with E-state index in [0.717, 1.165) is 24.9 Å². The minimum atomic E-state index is 0.736. The van der Waals surface area contributed by atoms with Crippen molar-refractivity contribution in [3.63, 3.8) is 0 Å². The number of hydrogen-bond acceptors (Lipinski definition) is 2. The van der Waals surface area contributed by atoms with Gasteiger partial charge in [-0.15, -0.1) is 11.6 Å². The maximum atomic E-state index is 5.57. The first-order valence-corrected chi connectivity index (χ1v) is 4.97. The molecule has 3 heteroatoms. The van der Waals surface area contributed by atoms with Gasteiger partial charge in [-0.3, -0.25) is 0 Å². The molecule has 2 nitrogen and oxygen atoms in total. The number of hydrogen-bond donors (Lipinski definition) is 2. The van der Waals surface area contributed by atoms with Crippen LogP contribution in [-0.2, 0) is 0 Å². The minimum Gasteiger partial charge on any atom is -0.317 e. The van der Waals surface area contributed by atoms with Gasteiger partial charge in [-0.25, -0.2) is 0 Å². The molecule has 1 rings (SSSR count). The molecule has 0 bridgehead atoms. The normalized spacial score (nSPS) is 20.5. The SMILES string of the molecule is ClCCCNC1CCNCC1. The maximum Gasteiger partial charge on any atom is 0.0235 e. The average Bonchev–Trinajstić information content (AvgIpc) is 2.07. The van der Waals surface area contributed by atoms with Crippen molar-refractivity contribution >= 4 is 11.6 Å². The second-order valence-electron chi connectivity index (χ2n) is 3.02. The van der Waals surface area contributed by atoms with Crippen molar-refractivity contribution in [2.75, 3.05) is 25.5 Å². The lowest BCUT2D eigenvalue weighted by molar-refractivity contribution is 0.388. The van der Waals surface area contributed by atoms with Crippen LogP contribution in [0.25, 0.3) is 0 Å². The quantitative estimate of drug-likeness (QED) is 0.493. The fourth-order valence-corrected chi connectivity index (χ4v) is 1.53. The van der Waals surface area contributed by atoms with Crippen LogP contribution in [0.5, 0.6) is 0 Å². The van der Waals surface area contributed by atoms with Gasteiger partial charge in [0, 0.05) is 11.9 Å². The molecule has 0 atom stereocenters. The molecule has 0 spiro atoms. The maximum absolute atomic E-state index is 5.57. The second kappa shape index (κ2) is 5.81. The third-order valence-corrected chi connectivity index (χ3v) is 2.35. The molecule has 0 aromatic heterocycles. The van der Waals surface area contributed by atoms with E-state index >= 15 is 0 Å². The van der Waals surface area contributed by atoms with Crippen LogP contribution >= 0.6 is 11.6 Å². The zero-order chi connectivity index (χ0) is 7.94. The Morgan fingerprint density at radius 2 is 2.09 bits per heavy atom. The lowest BCUT2D eigenvalue weighted by Gasteiger charge is -2.23. The largest absolute Gasteiger partial charge is 0.317 e. The van der Waals surface area contributed by atoms with Crippen molar-refractivity contribution in [1.82, 2.24) is 10.6 Å². The van der Waals surface area contributed by atoms with Crippen molar-refractivity contribution in [3.05, 3.63) is 0 Å². The topological polar surface area (TPSA) is 24.1 Å². The van der Waals surface area contributed by atoms with Crippen molar-refractivity contribution in [3.8, 4) is 0 Å².